The molecule has 2 rings (SSSR count). The van der Waals surface area contributed by atoms with Crippen LogP contribution in [-0.2, 0) is 4.79 Å². The van der Waals surface area contributed by atoms with Gasteiger partial charge in [0.2, 0.25) is 5.91 Å². The molecule has 7 nitrogen and oxygen atoms in total. The van der Waals surface area contributed by atoms with E-state index in [1.807, 2.05) is 25.1 Å². The van der Waals surface area contributed by atoms with Crippen LogP contribution in [0.25, 0.3) is 0 Å². The van der Waals surface area contributed by atoms with E-state index in [9.17, 15) is 4.79 Å². The molecule has 0 radical (unpaired) electrons. The zero-order valence-corrected chi connectivity index (χ0v) is 18.1. The third-order valence-electron chi connectivity index (χ3n) is 5.39. The van der Waals surface area contributed by atoms with E-state index in [-0.39, 0.29) is 17.9 Å². The Hall–Kier alpha value is -2.28. The minimum Gasteiger partial charge on any atom is -0.489 e. The van der Waals surface area contributed by atoms with Crippen LogP contribution in [0.4, 0.5) is 0 Å². The first kappa shape index (κ1) is 23.0. The number of rotatable bonds is 10. The summed E-state index contributed by atoms with van der Waals surface area (Å²) in [7, 11) is 1.78. The van der Waals surface area contributed by atoms with Gasteiger partial charge in [-0.2, -0.15) is 0 Å². The number of nitrogens with one attached hydrogen (secondary N) is 2. The number of hydrogen-bond donors (Lipinski definition) is 3. The number of piperidine rings is 1. The van der Waals surface area contributed by atoms with Gasteiger partial charge in [-0.15, -0.1) is 0 Å². The lowest BCUT2D eigenvalue weighted by molar-refractivity contribution is -0.123. The van der Waals surface area contributed by atoms with Gasteiger partial charge in [0.15, 0.2) is 5.96 Å². The molecule has 0 bridgehead atoms. The molecule has 0 aliphatic carbocycles. The van der Waals surface area contributed by atoms with Crippen molar-refractivity contribution in [3.8, 4) is 5.75 Å². The van der Waals surface area contributed by atoms with Crippen LogP contribution >= 0.6 is 0 Å². The number of para-hydroxylation sites is 1. The molecule has 1 atom stereocenters. The van der Waals surface area contributed by atoms with Gasteiger partial charge in [0.1, 0.15) is 11.9 Å². The normalized spacial score (nSPS) is 17.0. The summed E-state index contributed by atoms with van der Waals surface area (Å²) in [5.74, 6) is 1.64. The van der Waals surface area contributed by atoms with E-state index in [1.165, 1.54) is 0 Å². The highest BCUT2D eigenvalue weighted by Gasteiger charge is 2.22. The number of primary amides is 1. The Balaban J connectivity index is 1.56. The minimum atomic E-state index is -0.147. The fraction of sp³-hybridized carbons (Fsp3) is 0.636. The standard InChI is InChI=1S/C22H37N5O2/c1-17-8-4-5-9-20(17)29-18(2)16-26-22(24-3)25-12-6-7-13-27-14-10-19(11-15-27)21(23)28/h4-5,8-9,18-19H,6-7,10-16H2,1-3H3,(H2,23,28)(H2,24,25,26). The van der Waals surface area contributed by atoms with Crippen LogP contribution in [0.2, 0.25) is 0 Å². The van der Waals surface area contributed by atoms with Crippen LogP contribution in [0, 0.1) is 12.8 Å². The molecule has 1 aliphatic rings. The first-order valence-corrected chi connectivity index (χ1v) is 10.7. The maximum absolute atomic E-state index is 11.2. The minimum absolute atomic E-state index is 0.0398. The lowest BCUT2D eigenvalue weighted by Crippen LogP contribution is -2.42. The van der Waals surface area contributed by atoms with E-state index >= 15 is 0 Å². The van der Waals surface area contributed by atoms with Crippen molar-refractivity contribution >= 4 is 11.9 Å². The molecule has 1 heterocycles. The van der Waals surface area contributed by atoms with Crippen molar-refractivity contribution in [3.63, 3.8) is 0 Å². The molecule has 0 spiro atoms. The molecule has 1 saturated heterocycles. The zero-order valence-electron chi connectivity index (χ0n) is 18.1. The summed E-state index contributed by atoms with van der Waals surface area (Å²) in [6.45, 7) is 8.68. The van der Waals surface area contributed by atoms with Gasteiger partial charge in [0, 0.05) is 19.5 Å². The summed E-state index contributed by atoms with van der Waals surface area (Å²) in [6.07, 6.45) is 4.03. The van der Waals surface area contributed by atoms with Crippen LogP contribution in [0.3, 0.4) is 0 Å². The number of nitrogens with zero attached hydrogens (tertiary/aromatic N) is 2. The summed E-state index contributed by atoms with van der Waals surface area (Å²) in [5, 5.41) is 6.69. The number of benzene rings is 1. The topological polar surface area (TPSA) is 92.0 Å². The molecular weight excluding hydrogens is 366 g/mol. The summed E-state index contributed by atoms with van der Waals surface area (Å²) >= 11 is 0. The smallest absolute Gasteiger partial charge is 0.220 e. The van der Waals surface area contributed by atoms with Crippen LogP contribution in [0.5, 0.6) is 5.75 Å². The van der Waals surface area contributed by atoms with E-state index in [0.717, 1.165) is 69.1 Å². The lowest BCUT2D eigenvalue weighted by Gasteiger charge is -2.30. The molecule has 1 fully saturated rings. The molecule has 0 aromatic heterocycles. The van der Waals surface area contributed by atoms with Crippen molar-refractivity contribution in [2.75, 3.05) is 39.8 Å². The van der Waals surface area contributed by atoms with Gasteiger partial charge in [-0.25, -0.2) is 0 Å². The fourth-order valence-corrected chi connectivity index (χ4v) is 3.52. The summed E-state index contributed by atoms with van der Waals surface area (Å²) in [5.41, 5.74) is 6.53. The van der Waals surface area contributed by atoms with Crippen molar-refractivity contribution < 1.29 is 9.53 Å². The largest absolute Gasteiger partial charge is 0.489 e. The zero-order chi connectivity index (χ0) is 21.1. The van der Waals surface area contributed by atoms with Crippen LogP contribution in [0.1, 0.15) is 38.2 Å². The Morgan fingerprint density at radius 3 is 2.66 bits per heavy atom. The Morgan fingerprint density at radius 1 is 1.28 bits per heavy atom. The number of aliphatic imine (C=N–C) groups is 1. The summed E-state index contributed by atoms with van der Waals surface area (Å²) in [6, 6.07) is 8.05. The van der Waals surface area contributed by atoms with Crippen LogP contribution in [-0.4, -0.2) is 62.6 Å². The molecule has 1 aromatic rings. The number of carbonyl (C=O) groups is 1. The highest BCUT2D eigenvalue weighted by molar-refractivity contribution is 5.79. The van der Waals surface area contributed by atoms with E-state index in [2.05, 4.69) is 33.5 Å². The van der Waals surface area contributed by atoms with Crippen LogP contribution < -0.4 is 21.1 Å². The van der Waals surface area contributed by atoms with Crippen molar-refractivity contribution in [2.24, 2.45) is 16.6 Å². The molecule has 1 aliphatic heterocycles. The van der Waals surface area contributed by atoms with Gasteiger partial charge in [0.25, 0.3) is 0 Å². The molecule has 4 N–H and O–H groups in total. The Labute approximate surface area is 175 Å². The van der Waals surface area contributed by atoms with Crippen LogP contribution in [0.15, 0.2) is 29.3 Å². The number of carbonyl (C=O) groups excluding carboxylic acids is 1. The Bertz CT molecular complexity index is 656. The number of amides is 1. The molecule has 7 heteroatoms. The van der Waals surface area contributed by atoms with Gasteiger partial charge in [-0.1, -0.05) is 18.2 Å². The second kappa shape index (κ2) is 12.3. The first-order valence-electron chi connectivity index (χ1n) is 10.7. The average molecular weight is 404 g/mol. The molecule has 1 amide bonds. The Kier molecular flexibility index (Phi) is 9.77. The average Bonchev–Trinajstić information content (AvgIpc) is 2.72. The predicted octanol–water partition coefficient (Wildman–Crippen LogP) is 1.90. The summed E-state index contributed by atoms with van der Waals surface area (Å²) in [4.78, 5) is 17.9. The predicted molar refractivity (Wildman–Crippen MR) is 118 cm³/mol. The number of hydrogen-bond acceptors (Lipinski definition) is 4. The highest BCUT2D eigenvalue weighted by Crippen LogP contribution is 2.18. The number of ether oxygens (including phenoxy) is 1. The van der Waals surface area contributed by atoms with Crippen molar-refractivity contribution in [3.05, 3.63) is 29.8 Å². The van der Waals surface area contributed by atoms with Gasteiger partial charge in [0.05, 0.1) is 6.54 Å². The monoisotopic (exact) mass is 403 g/mol. The number of unbranched alkanes of at least 4 members (excludes halogenated alkanes) is 1. The quantitative estimate of drug-likeness (QED) is 0.315. The molecular formula is C22H37N5O2. The molecule has 0 saturated carbocycles. The number of guanidine groups is 1. The third kappa shape index (κ3) is 8.31. The highest BCUT2D eigenvalue weighted by atomic mass is 16.5. The van der Waals surface area contributed by atoms with Gasteiger partial charge in [-0.05, 0) is 70.8 Å². The van der Waals surface area contributed by atoms with Crippen molar-refractivity contribution in [1.82, 2.24) is 15.5 Å². The molecule has 162 valence electrons. The maximum Gasteiger partial charge on any atom is 0.220 e. The van der Waals surface area contributed by atoms with E-state index in [0.29, 0.717) is 6.54 Å². The van der Waals surface area contributed by atoms with E-state index < -0.39 is 0 Å². The lowest BCUT2D eigenvalue weighted by atomic mass is 9.96. The van der Waals surface area contributed by atoms with Gasteiger partial charge in [-0.3, -0.25) is 9.79 Å². The second-order valence-corrected chi connectivity index (χ2v) is 7.80. The fourth-order valence-electron chi connectivity index (χ4n) is 3.52. The van der Waals surface area contributed by atoms with Gasteiger partial charge < -0.3 is 26.0 Å². The molecule has 1 aromatic carbocycles. The van der Waals surface area contributed by atoms with Crippen molar-refractivity contribution in [2.45, 2.75) is 45.6 Å². The van der Waals surface area contributed by atoms with E-state index in [4.69, 9.17) is 10.5 Å². The number of likely N-dealkylation sites (tertiary alicyclic amines) is 1. The second-order valence-electron chi connectivity index (χ2n) is 7.80. The summed E-state index contributed by atoms with van der Waals surface area (Å²) < 4.78 is 5.99. The van der Waals surface area contributed by atoms with Crippen molar-refractivity contribution in [1.29, 1.82) is 0 Å². The van der Waals surface area contributed by atoms with E-state index in [1.54, 1.807) is 7.05 Å². The molecule has 1 unspecified atom stereocenters. The maximum atomic E-state index is 11.2. The Morgan fingerprint density at radius 2 is 2.00 bits per heavy atom. The third-order valence-corrected chi connectivity index (χ3v) is 5.39. The van der Waals surface area contributed by atoms with Gasteiger partial charge >= 0.3 is 0 Å². The molecule has 29 heavy (non-hydrogen) atoms. The SMILES string of the molecule is CN=C(NCCCCN1CCC(C(N)=O)CC1)NCC(C)Oc1ccccc1C. The number of aryl methyl sites for hydroxylation is 1. The number of nitrogens with two attached hydrogens (primary N) is 1. The first-order chi connectivity index (χ1) is 14.0.